The van der Waals surface area contributed by atoms with Crippen LogP contribution in [0.15, 0.2) is 54.9 Å². The number of rotatable bonds is 5. The molecule has 3 aromatic rings. The Balaban J connectivity index is 1.34. The average Bonchev–Trinajstić information content (AvgIpc) is 3.07. The summed E-state index contributed by atoms with van der Waals surface area (Å²) in [5.41, 5.74) is 3.43. The maximum atomic E-state index is 10.9. The Labute approximate surface area is 152 Å². The summed E-state index contributed by atoms with van der Waals surface area (Å²) >= 11 is 0. The summed E-state index contributed by atoms with van der Waals surface area (Å²) in [4.78, 5) is 17.5. The van der Waals surface area contributed by atoms with Crippen LogP contribution >= 0.6 is 0 Å². The van der Waals surface area contributed by atoms with Crippen LogP contribution in [0.5, 0.6) is 0 Å². The molecule has 1 aliphatic heterocycles. The highest BCUT2D eigenvalue weighted by molar-refractivity contribution is 5.74. The van der Waals surface area contributed by atoms with Crippen LogP contribution < -0.4 is 0 Å². The van der Waals surface area contributed by atoms with Gasteiger partial charge < -0.3 is 4.57 Å². The maximum Gasteiger partial charge on any atom is 0.269 e. The van der Waals surface area contributed by atoms with Crippen LogP contribution in [0.4, 0.5) is 5.69 Å². The average molecular weight is 350 g/mol. The van der Waals surface area contributed by atoms with E-state index in [4.69, 9.17) is 0 Å². The molecule has 0 amide bonds. The summed E-state index contributed by atoms with van der Waals surface area (Å²) in [5.74, 6) is 0.647. The van der Waals surface area contributed by atoms with Gasteiger partial charge in [-0.2, -0.15) is 0 Å². The van der Waals surface area contributed by atoms with Gasteiger partial charge in [0.1, 0.15) is 0 Å². The summed E-state index contributed by atoms with van der Waals surface area (Å²) in [5, 5.41) is 10.9. The van der Waals surface area contributed by atoms with E-state index in [1.54, 1.807) is 18.2 Å². The number of imidazole rings is 1. The molecule has 0 saturated carbocycles. The zero-order valence-electron chi connectivity index (χ0n) is 14.6. The Morgan fingerprint density at radius 1 is 1.12 bits per heavy atom. The minimum Gasteiger partial charge on any atom is -0.330 e. The molecule has 4 rings (SSSR count). The minimum atomic E-state index is -0.328. The number of aromatic nitrogens is 2. The van der Waals surface area contributed by atoms with Crippen molar-refractivity contribution < 1.29 is 4.92 Å². The van der Waals surface area contributed by atoms with Gasteiger partial charge in [0.05, 0.1) is 22.3 Å². The summed E-state index contributed by atoms with van der Waals surface area (Å²) in [6, 6.07) is 15.2. The normalized spacial score (nSPS) is 16.2. The van der Waals surface area contributed by atoms with Gasteiger partial charge in [-0.05, 0) is 49.5 Å². The third kappa shape index (κ3) is 3.60. The molecule has 1 fully saturated rings. The lowest BCUT2D eigenvalue weighted by atomic mass is 9.96. The van der Waals surface area contributed by atoms with Gasteiger partial charge in [0.25, 0.3) is 5.69 Å². The van der Waals surface area contributed by atoms with Gasteiger partial charge in [0, 0.05) is 25.2 Å². The monoisotopic (exact) mass is 350 g/mol. The molecule has 0 N–H and O–H groups in total. The fourth-order valence-corrected chi connectivity index (χ4v) is 3.79. The van der Waals surface area contributed by atoms with Gasteiger partial charge in [-0.25, -0.2) is 4.98 Å². The first-order valence-corrected chi connectivity index (χ1v) is 9.04. The van der Waals surface area contributed by atoms with Gasteiger partial charge >= 0.3 is 0 Å². The number of likely N-dealkylation sites (tertiary alicyclic amines) is 1. The second kappa shape index (κ2) is 7.25. The van der Waals surface area contributed by atoms with Crippen LogP contribution in [0.1, 0.15) is 18.4 Å². The van der Waals surface area contributed by atoms with Crippen LogP contribution in [0.2, 0.25) is 0 Å². The predicted molar refractivity (Wildman–Crippen MR) is 101 cm³/mol. The molecule has 1 saturated heterocycles. The van der Waals surface area contributed by atoms with E-state index in [9.17, 15) is 10.1 Å². The highest BCUT2D eigenvalue weighted by Gasteiger charge is 2.20. The predicted octanol–water partition coefficient (Wildman–Crippen LogP) is 3.86. The number of hydrogen-bond donors (Lipinski definition) is 0. The number of fused-ring (bicyclic) bond motifs is 1. The lowest BCUT2D eigenvalue weighted by molar-refractivity contribution is -0.384. The molecule has 0 unspecified atom stereocenters. The lowest BCUT2D eigenvalue weighted by Gasteiger charge is -2.32. The van der Waals surface area contributed by atoms with E-state index < -0.39 is 0 Å². The van der Waals surface area contributed by atoms with Crippen LogP contribution in [-0.4, -0.2) is 32.5 Å². The number of nitro groups is 1. The van der Waals surface area contributed by atoms with Crippen LogP contribution in [0.3, 0.4) is 0 Å². The zero-order chi connectivity index (χ0) is 17.9. The fourth-order valence-electron chi connectivity index (χ4n) is 3.79. The van der Waals surface area contributed by atoms with Crippen molar-refractivity contribution in [3.8, 4) is 0 Å². The van der Waals surface area contributed by atoms with Crippen molar-refractivity contribution in [1.29, 1.82) is 0 Å². The molecular weight excluding hydrogens is 328 g/mol. The van der Waals surface area contributed by atoms with E-state index in [1.807, 2.05) is 24.5 Å². The zero-order valence-corrected chi connectivity index (χ0v) is 14.6. The van der Waals surface area contributed by atoms with Crippen molar-refractivity contribution in [3.63, 3.8) is 0 Å². The van der Waals surface area contributed by atoms with Crippen molar-refractivity contribution >= 4 is 16.7 Å². The first kappa shape index (κ1) is 16.7. The number of hydrogen-bond acceptors (Lipinski definition) is 4. The second-order valence-corrected chi connectivity index (χ2v) is 7.03. The smallest absolute Gasteiger partial charge is 0.269 e. The molecule has 0 radical (unpaired) electrons. The SMILES string of the molecule is O=[N+]([O-])c1cccc(CN2CCC(Cn3cnc4ccccc43)CC2)c1. The van der Waals surface area contributed by atoms with E-state index >= 15 is 0 Å². The minimum absolute atomic E-state index is 0.171. The van der Waals surface area contributed by atoms with Crippen molar-refractivity contribution in [2.45, 2.75) is 25.9 Å². The molecular formula is C20H22N4O2. The topological polar surface area (TPSA) is 64.2 Å². The Bertz CT molecular complexity index is 913. The molecule has 0 spiro atoms. The van der Waals surface area contributed by atoms with Gasteiger partial charge in [-0.1, -0.05) is 24.3 Å². The molecule has 1 aliphatic rings. The number of para-hydroxylation sites is 2. The quantitative estimate of drug-likeness (QED) is 0.518. The molecule has 134 valence electrons. The number of non-ortho nitro benzene ring substituents is 1. The maximum absolute atomic E-state index is 10.9. The Morgan fingerprint density at radius 3 is 2.73 bits per heavy atom. The fraction of sp³-hybridized carbons (Fsp3) is 0.350. The van der Waals surface area contributed by atoms with E-state index in [-0.39, 0.29) is 10.6 Å². The Kier molecular flexibility index (Phi) is 4.67. The largest absolute Gasteiger partial charge is 0.330 e. The van der Waals surface area contributed by atoms with Gasteiger partial charge in [0.15, 0.2) is 0 Å². The van der Waals surface area contributed by atoms with E-state index in [1.165, 1.54) is 5.52 Å². The second-order valence-electron chi connectivity index (χ2n) is 7.03. The standard InChI is InChI=1S/C20H22N4O2/c25-24(26)18-5-3-4-17(12-18)13-22-10-8-16(9-11-22)14-23-15-21-19-6-1-2-7-20(19)23/h1-7,12,15-16H,8-11,13-14H2. The van der Waals surface area contributed by atoms with E-state index in [0.717, 1.165) is 50.1 Å². The van der Waals surface area contributed by atoms with Crippen LogP contribution in [-0.2, 0) is 13.1 Å². The highest BCUT2D eigenvalue weighted by atomic mass is 16.6. The van der Waals surface area contributed by atoms with Crippen LogP contribution in [0, 0.1) is 16.0 Å². The van der Waals surface area contributed by atoms with E-state index in [2.05, 4.69) is 26.6 Å². The van der Waals surface area contributed by atoms with Crippen molar-refractivity contribution in [2.24, 2.45) is 5.92 Å². The van der Waals surface area contributed by atoms with Crippen LogP contribution in [0.25, 0.3) is 11.0 Å². The first-order chi connectivity index (χ1) is 12.7. The number of benzene rings is 2. The molecule has 26 heavy (non-hydrogen) atoms. The summed E-state index contributed by atoms with van der Waals surface area (Å²) in [6.45, 7) is 3.84. The Morgan fingerprint density at radius 2 is 1.92 bits per heavy atom. The third-order valence-corrected chi connectivity index (χ3v) is 5.22. The van der Waals surface area contributed by atoms with E-state index in [0.29, 0.717) is 5.92 Å². The third-order valence-electron chi connectivity index (χ3n) is 5.22. The molecule has 2 aromatic carbocycles. The Hall–Kier alpha value is -2.73. The molecule has 6 nitrogen and oxygen atoms in total. The molecule has 0 bridgehead atoms. The molecule has 1 aromatic heterocycles. The molecule has 6 heteroatoms. The summed E-state index contributed by atoms with van der Waals surface area (Å²) < 4.78 is 2.26. The number of piperidine rings is 1. The molecule has 0 aliphatic carbocycles. The summed E-state index contributed by atoms with van der Waals surface area (Å²) in [6.07, 6.45) is 4.23. The van der Waals surface area contributed by atoms with Crippen molar-refractivity contribution in [3.05, 3.63) is 70.5 Å². The number of nitro benzene ring substituents is 1. The van der Waals surface area contributed by atoms with Crippen molar-refractivity contribution in [2.75, 3.05) is 13.1 Å². The van der Waals surface area contributed by atoms with Gasteiger partial charge in [0.2, 0.25) is 0 Å². The summed E-state index contributed by atoms with van der Waals surface area (Å²) in [7, 11) is 0. The molecule has 2 heterocycles. The first-order valence-electron chi connectivity index (χ1n) is 9.04. The highest BCUT2D eigenvalue weighted by Crippen LogP contribution is 2.23. The van der Waals surface area contributed by atoms with Gasteiger partial charge in [-0.3, -0.25) is 15.0 Å². The van der Waals surface area contributed by atoms with Crippen molar-refractivity contribution in [1.82, 2.24) is 14.5 Å². The number of nitrogens with zero attached hydrogens (tertiary/aromatic N) is 4. The molecule has 0 atom stereocenters. The lowest BCUT2D eigenvalue weighted by Crippen LogP contribution is -2.34. The van der Waals surface area contributed by atoms with Gasteiger partial charge in [-0.15, -0.1) is 0 Å².